The summed E-state index contributed by atoms with van der Waals surface area (Å²) >= 11 is 0. The molecule has 1 fully saturated rings. The Kier molecular flexibility index (Phi) is 10.9. The summed E-state index contributed by atoms with van der Waals surface area (Å²) in [4.78, 5) is 12.2. The number of amides is 1. The van der Waals surface area contributed by atoms with Crippen molar-refractivity contribution < 1.29 is 13.2 Å². The molecule has 0 spiro atoms. The van der Waals surface area contributed by atoms with Gasteiger partial charge in [-0.1, -0.05) is 25.0 Å². The van der Waals surface area contributed by atoms with Crippen LogP contribution in [0.1, 0.15) is 44.1 Å². The molecule has 0 atom stereocenters. The molecule has 1 amide bonds. The van der Waals surface area contributed by atoms with Crippen molar-refractivity contribution >= 4 is 28.3 Å². The maximum absolute atomic E-state index is 12.7. The highest BCUT2D eigenvalue weighted by molar-refractivity contribution is 7.89. The fourth-order valence-corrected chi connectivity index (χ4v) is 4.62. The molecule has 0 radical (unpaired) electrons. The normalized spacial score (nSPS) is 15.6. The van der Waals surface area contributed by atoms with Crippen molar-refractivity contribution in [2.45, 2.75) is 49.8 Å². The topological polar surface area (TPSA) is 78.5 Å². The molecule has 1 aliphatic heterocycles. The third-order valence-electron chi connectivity index (χ3n) is 4.69. The van der Waals surface area contributed by atoms with Crippen molar-refractivity contribution in [3.63, 3.8) is 0 Å². The van der Waals surface area contributed by atoms with Crippen LogP contribution in [0.4, 0.5) is 0 Å². The predicted molar refractivity (Wildman–Crippen MR) is 111 cm³/mol. The van der Waals surface area contributed by atoms with Gasteiger partial charge in [-0.05, 0) is 57.0 Å². The van der Waals surface area contributed by atoms with Crippen molar-refractivity contribution in [2.24, 2.45) is 0 Å². The summed E-state index contributed by atoms with van der Waals surface area (Å²) in [5.41, 5.74) is 0.977. The van der Waals surface area contributed by atoms with Gasteiger partial charge in [-0.3, -0.25) is 4.79 Å². The monoisotopic (exact) mass is 417 g/mol. The minimum atomic E-state index is -3.40. The maximum Gasteiger partial charge on any atom is 0.243 e. The van der Waals surface area contributed by atoms with Crippen LogP contribution in [0, 0.1) is 0 Å². The van der Waals surface area contributed by atoms with Gasteiger partial charge in [0.2, 0.25) is 15.9 Å². The number of carbonyl (C=O) groups is 1. The van der Waals surface area contributed by atoms with E-state index in [2.05, 4.69) is 10.6 Å². The highest BCUT2D eigenvalue weighted by Crippen LogP contribution is 2.21. The lowest BCUT2D eigenvalue weighted by Gasteiger charge is -2.20. The minimum absolute atomic E-state index is 0. The number of carbonyl (C=O) groups excluding carboxylic acids is 1. The van der Waals surface area contributed by atoms with Crippen LogP contribution in [0.2, 0.25) is 0 Å². The van der Waals surface area contributed by atoms with Gasteiger partial charge in [0.05, 0.1) is 4.90 Å². The van der Waals surface area contributed by atoms with Gasteiger partial charge in [-0.15, -0.1) is 12.4 Å². The van der Waals surface area contributed by atoms with Gasteiger partial charge >= 0.3 is 0 Å². The minimum Gasteiger partial charge on any atom is -0.356 e. The highest BCUT2D eigenvalue weighted by Gasteiger charge is 2.24. The predicted octanol–water partition coefficient (Wildman–Crippen LogP) is 2.33. The van der Waals surface area contributed by atoms with Crippen molar-refractivity contribution in [1.82, 2.24) is 14.9 Å². The first kappa shape index (κ1) is 23.9. The molecule has 0 unspecified atom stereocenters. The Balaban J connectivity index is 0.00000364. The number of hydrogen-bond acceptors (Lipinski definition) is 4. The van der Waals surface area contributed by atoms with Crippen molar-refractivity contribution in [3.05, 3.63) is 29.8 Å². The molecule has 6 nitrogen and oxygen atoms in total. The highest BCUT2D eigenvalue weighted by atomic mass is 35.5. The number of hydrogen-bond donors (Lipinski definition) is 2. The molecule has 1 saturated heterocycles. The van der Waals surface area contributed by atoms with E-state index in [1.54, 1.807) is 16.4 Å². The van der Waals surface area contributed by atoms with E-state index >= 15 is 0 Å². The zero-order valence-electron chi connectivity index (χ0n) is 16.1. The first-order valence-electron chi connectivity index (χ1n) is 9.54. The van der Waals surface area contributed by atoms with E-state index in [0.29, 0.717) is 37.4 Å². The van der Waals surface area contributed by atoms with E-state index in [1.807, 2.05) is 19.2 Å². The third kappa shape index (κ3) is 7.78. The Morgan fingerprint density at radius 3 is 2.26 bits per heavy atom. The van der Waals surface area contributed by atoms with Crippen LogP contribution in [0.3, 0.4) is 0 Å². The van der Waals surface area contributed by atoms with Gasteiger partial charge in [0.1, 0.15) is 0 Å². The molecular weight excluding hydrogens is 386 g/mol. The van der Waals surface area contributed by atoms with Gasteiger partial charge in [-0.2, -0.15) is 4.31 Å². The van der Waals surface area contributed by atoms with Crippen LogP contribution in [-0.4, -0.2) is 51.9 Å². The first-order chi connectivity index (χ1) is 12.5. The molecule has 1 aromatic rings. The van der Waals surface area contributed by atoms with Crippen LogP contribution in [0.25, 0.3) is 0 Å². The molecule has 1 heterocycles. The summed E-state index contributed by atoms with van der Waals surface area (Å²) < 4.78 is 27.1. The van der Waals surface area contributed by atoms with Crippen molar-refractivity contribution in [3.8, 4) is 0 Å². The SMILES string of the molecule is CNCCCNC(=O)CCc1ccc(S(=O)(=O)N2CCCCCC2)cc1.Cl. The molecule has 27 heavy (non-hydrogen) atoms. The number of halogens is 1. The number of nitrogens with one attached hydrogen (secondary N) is 2. The number of aryl methyl sites for hydroxylation is 1. The number of nitrogens with zero attached hydrogens (tertiary/aromatic N) is 1. The zero-order valence-corrected chi connectivity index (χ0v) is 17.7. The summed E-state index contributed by atoms with van der Waals surface area (Å²) in [6, 6.07) is 6.97. The lowest BCUT2D eigenvalue weighted by Crippen LogP contribution is -2.31. The molecule has 2 N–H and O–H groups in total. The Labute approximate surface area is 169 Å². The first-order valence-corrected chi connectivity index (χ1v) is 11.0. The van der Waals surface area contributed by atoms with Crippen LogP contribution in [-0.2, 0) is 21.2 Å². The second-order valence-corrected chi connectivity index (χ2v) is 8.71. The van der Waals surface area contributed by atoms with Crippen molar-refractivity contribution in [1.29, 1.82) is 0 Å². The molecule has 0 saturated carbocycles. The van der Waals surface area contributed by atoms with Gasteiger partial charge in [0.15, 0.2) is 0 Å². The Bertz CT molecular complexity index is 657. The summed E-state index contributed by atoms with van der Waals surface area (Å²) in [6.07, 6.45) is 6.00. The smallest absolute Gasteiger partial charge is 0.243 e. The molecule has 154 valence electrons. The summed E-state index contributed by atoms with van der Waals surface area (Å²) in [5, 5.41) is 5.93. The standard InChI is InChI=1S/C19H31N3O3S.ClH/c1-20-13-6-14-21-19(23)12-9-17-7-10-18(11-8-17)26(24,25)22-15-4-2-3-5-16-22;/h7-8,10-11,20H,2-6,9,12-16H2,1H3,(H,21,23);1H. The molecule has 0 aliphatic carbocycles. The lowest BCUT2D eigenvalue weighted by atomic mass is 10.1. The quantitative estimate of drug-likeness (QED) is 0.604. The largest absolute Gasteiger partial charge is 0.356 e. The third-order valence-corrected chi connectivity index (χ3v) is 6.61. The van der Waals surface area contributed by atoms with Gasteiger partial charge in [-0.25, -0.2) is 8.42 Å². The number of sulfonamides is 1. The van der Waals surface area contributed by atoms with Crippen LogP contribution in [0.15, 0.2) is 29.2 Å². The fraction of sp³-hybridized carbons (Fsp3) is 0.632. The molecule has 1 aromatic carbocycles. The molecule has 8 heteroatoms. The molecule has 2 rings (SSSR count). The van der Waals surface area contributed by atoms with Crippen LogP contribution >= 0.6 is 12.4 Å². The van der Waals surface area contributed by atoms with E-state index in [-0.39, 0.29) is 18.3 Å². The van der Waals surface area contributed by atoms with E-state index < -0.39 is 10.0 Å². The summed E-state index contributed by atoms with van der Waals surface area (Å²) in [7, 11) is -1.52. The number of benzene rings is 1. The molecular formula is C19H32ClN3O3S. The second-order valence-electron chi connectivity index (χ2n) is 6.77. The fourth-order valence-electron chi connectivity index (χ4n) is 3.10. The van der Waals surface area contributed by atoms with Gasteiger partial charge in [0.25, 0.3) is 0 Å². The average Bonchev–Trinajstić information content (AvgIpc) is 2.94. The van der Waals surface area contributed by atoms with E-state index in [4.69, 9.17) is 0 Å². The lowest BCUT2D eigenvalue weighted by molar-refractivity contribution is -0.121. The zero-order chi connectivity index (χ0) is 18.8. The average molecular weight is 418 g/mol. The molecule has 0 aromatic heterocycles. The number of rotatable bonds is 9. The van der Waals surface area contributed by atoms with Gasteiger partial charge < -0.3 is 10.6 Å². The Morgan fingerprint density at radius 1 is 1.04 bits per heavy atom. The molecule has 1 aliphatic rings. The van der Waals surface area contributed by atoms with Crippen LogP contribution in [0.5, 0.6) is 0 Å². The molecule has 0 bridgehead atoms. The van der Waals surface area contributed by atoms with E-state index in [0.717, 1.165) is 44.2 Å². The summed E-state index contributed by atoms with van der Waals surface area (Å²) in [6.45, 7) is 2.77. The Morgan fingerprint density at radius 2 is 1.67 bits per heavy atom. The maximum atomic E-state index is 12.7. The van der Waals surface area contributed by atoms with Crippen molar-refractivity contribution in [2.75, 3.05) is 33.2 Å². The van der Waals surface area contributed by atoms with Crippen LogP contribution < -0.4 is 10.6 Å². The van der Waals surface area contributed by atoms with E-state index in [1.165, 1.54) is 0 Å². The Hall–Kier alpha value is -1.15. The second kappa shape index (κ2) is 12.3. The van der Waals surface area contributed by atoms with E-state index in [9.17, 15) is 13.2 Å². The van der Waals surface area contributed by atoms with Gasteiger partial charge in [0, 0.05) is 26.1 Å². The summed E-state index contributed by atoms with van der Waals surface area (Å²) in [5.74, 6) is 0.0300.